The smallest absolute Gasteiger partial charge is 0.254 e. The lowest BCUT2D eigenvalue weighted by Gasteiger charge is -2.26. The van der Waals surface area contributed by atoms with E-state index in [-0.39, 0.29) is 11.9 Å². The number of rotatable bonds is 3. The summed E-state index contributed by atoms with van der Waals surface area (Å²) in [5.74, 6) is 0.0653. The summed E-state index contributed by atoms with van der Waals surface area (Å²) < 4.78 is 5.39. The highest BCUT2D eigenvalue weighted by atomic mass is 16.5. The minimum atomic E-state index is 0.0653. The van der Waals surface area contributed by atoms with Gasteiger partial charge in [-0.3, -0.25) is 9.78 Å². The molecule has 3 rings (SSSR count). The highest BCUT2D eigenvalue weighted by Crippen LogP contribution is 2.18. The molecule has 1 amide bonds. The van der Waals surface area contributed by atoms with E-state index in [9.17, 15) is 4.79 Å². The van der Waals surface area contributed by atoms with Gasteiger partial charge in [0.15, 0.2) is 0 Å². The number of benzene rings is 1. The van der Waals surface area contributed by atoms with Crippen molar-refractivity contribution in [3.05, 3.63) is 42.1 Å². The second-order valence-electron chi connectivity index (χ2n) is 5.02. The molecule has 0 bridgehead atoms. The molecule has 1 saturated heterocycles. The molecule has 0 N–H and O–H groups in total. The lowest BCUT2D eigenvalue weighted by molar-refractivity contribution is 0.0667. The minimum absolute atomic E-state index is 0.0653. The third-order valence-electron chi connectivity index (χ3n) is 3.80. The lowest BCUT2D eigenvalue weighted by Crippen LogP contribution is -2.40. The lowest BCUT2D eigenvalue weighted by atomic mass is 10.1. The number of ether oxygens (including phenoxy) is 1. The second-order valence-corrected chi connectivity index (χ2v) is 5.02. The molecule has 1 fully saturated rings. The highest BCUT2D eigenvalue weighted by molar-refractivity contribution is 5.97. The fraction of sp³-hybridized carbons (Fsp3) is 0.375. The third kappa shape index (κ3) is 2.39. The molecule has 1 aromatic carbocycles. The van der Waals surface area contributed by atoms with Gasteiger partial charge in [-0.2, -0.15) is 0 Å². The molecular formula is C16H18N2O2. The summed E-state index contributed by atoms with van der Waals surface area (Å²) in [5.41, 5.74) is 1.56. The van der Waals surface area contributed by atoms with Crippen molar-refractivity contribution in [1.82, 2.24) is 9.88 Å². The van der Waals surface area contributed by atoms with E-state index in [1.807, 2.05) is 42.2 Å². The van der Waals surface area contributed by atoms with Crippen LogP contribution in [0.2, 0.25) is 0 Å². The van der Waals surface area contributed by atoms with Crippen LogP contribution in [0.3, 0.4) is 0 Å². The molecule has 2 aromatic rings. The number of aromatic nitrogens is 1. The van der Waals surface area contributed by atoms with E-state index in [0.29, 0.717) is 18.7 Å². The molecular weight excluding hydrogens is 252 g/mol. The molecule has 20 heavy (non-hydrogen) atoms. The Labute approximate surface area is 118 Å². The summed E-state index contributed by atoms with van der Waals surface area (Å²) in [6.45, 7) is 4.10. The van der Waals surface area contributed by atoms with Crippen LogP contribution in [0.1, 0.15) is 23.7 Å². The molecule has 4 nitrogen and oxygen atoms in total. The van der Waals surface area contributed by atoms with Crippen LogP contribution in [0, 0.1) is 0 Å². The van der Waals surface area contributed by atoms with Crippen LogP contribution in [0.25, 0.3) is 10.9 Å². The van der Waals surface area contributed by atoms with E-state index >= 15 is 0 Å². The summed E-state index contributed by atoms with van der Waals surface area (Å²) in [6, 6.07) is 9.80. The van der Waals surface area contributed by atoms with E-state index in [0.717, 1.165) is 23.9 Å². The maximum Gasteiger partial charge on any atom is 0.254 e. The van der Waals surface area contributed by atoms with E-state index in [4.69, 9.17) is 4.74 Å². The largest absolute Gasteiger partial charge is 0.379 e. The molecule has 2 heterocycles. The van der Waals surface area contributed by atoms with Crippen LogP contribution < -0.4 is 0 Å². The van der Waals surface area contributed by atoms with E-state index in [1.54, 1.807) is 6.20 Å². The van der Waals surface area contributed by atoms with Gasteiger partial charge in [0.1, 0.15) is 0 Å². The predicted octanol–water partition coefficient (Wildman–Crippen LogP) is 2.49. The van der Waals surface area contributed by atoms with Crippen LogP contribution in [-0.2, 0) is 4.74 Å². The summed E-state index contributed by atoms with van der Waals surface area (Å²) in [7, 11) is 0. The number of carbonyl (C=O) groups excluding carboxylic acids is 1. The van der Waals surface area contributed by atoms with Crippen molar-refractivity contribution in [3.63, 3.8) is 0 Å². The zero-order chi connectivity index (χ0) is 13.9. The average molecular weight is 270 g/mol. The van der Waals surface area contributed by atoms with Crippen molar-refractivity contribution >= 4 is 16.8 Å². The number of likely N-dealkylation sites (N-methyl/N-ethyl adjacent to an activating group) is 1. The Morgan fingerprint density at radius 2 is 2.35 bits per heavy atom. The van der Waals surface area contributed by atoms with Gasteiger partial charge >= 0.3 is 0 Å². The first kappa shape index (κ1) is 13.1. The molecule has 1 aromatic heterocycles. The number of fused-ring (bicyclic) bond motifs is 1. The zero-order valence-corrected chi connectivity index (χ0v) is 11.6. The average Bonchev–Trinajstić information content (AvgIpc) is 3.01. The molecule has 0 spiro atoms. The third-order valence-corrected chi connectivity index (χ3v) is 3.80. The molecule has 4 heteroatoms. The second kappa shape index (κ2) is 5.59. The van der Waals surface area contributed by atoms with Gasteiger partial charge in [-0.05, 0) is 31.5 Å². The van der Waals surface area contributed by atoms with Gasteiger partial charge in [-0.25, -0.2) is 0 Å². The number of pyridine rings is 1. The van der Waals surface area contributed by atoms with Crippen molar-refractivity contribution in [2.75, 3.05) is 19.8 Å². The summed E-state index contributed by atoms with van der Waals surface area (Å²) in [6.07, 6.45) is 2.67. The predicted molar refractivity (Wildman–Crippen MR) is 77.7 cm³/mol. The van der Waals surface area contributed by atoms with E-state index < -0.39 is 0 Å². The fourth-order valence-electron chi connectivity index (χ4n) is 2.70. The first-order chi connectivity index (χ1) is 9.79. The standard InChI is InChI=1S/C16H18N2O2/c1-2-18(14-7-9-20-11-14)16(19)13-6-5-12-4-3-8-17-15(12)10-13/h3-6,8,10,14H,2,7,9,11H2,1H3. The van der Waals surface area contributed by atoms with Gasteiger partial charge in [-0.15, -0.1) is 0 Å². The summed E-state index contributed by atoms with van der Waals surface area (Å²) in [5, 5.41) is 1.05. The molecule has 0 radical (unpaired) electrons. The minimum Gasteiger partial charge on any atom is -0.379 e. The van der Waals surface area contributed by atoms with Crippen LogP contribution in [-0.4, -0.2) is 41.6 Å². The van der Waals surface area contributed by atoms with Crippen LogP contribution >= 0.6 is 0 Å². The topological polar surface area (TPSA) is 42.4 Å². The van der Waals surface area contributed by atoms with Crippen LogP contribution in [0.15, 0.2) is 36.5 Å². The van der Waals surface area contributed by atoms with Crippen LogP contribution in [0.5, 0.6) is 0 Å². The fourth-order valence-corrected chi connectivity index (χ4v) is 2.70. The first-order valence-electron chi connectivity index (χ1n) is 7.03. The number of carbonyl (C=O) groups is 1. The SMILES string of the molecule is CCN(C(=O)c1ccc2cccnc2c1)C1CCOC1. The number of amides is 1. The van der Waals surface area contributed by atoms with Crippen molar-refractivity contribution in [2.45, 2.75) is 19.4 Å². The highest BCUT2D eigenvalue weighted by Gasteiger charge is 2.26. The Kier molecular flexibility index (Phi) is 3.65. The molecule has 0 aliphatic carbocycles. The first-order valence-corrected chi connectivity index (χ1v) is 7.03. The maximum atomic E-state index is 12.6. The Morgan fingerprint density at radius 1 is 1.45 bits per heavy atom. The molecule has 104 valence electrons. The van der Waals surface area contributed by atoms with Crippen molar-refractivity contribution in [3.8, 4) is 0 Å². The zero-order valence-electron chi connectivity index (χ0n) is 11.6. The molecule has 1 aliphatic heterocycles. The van der Waals surface area contributed by atoms with Gasteiger partial charge in [0, 0.05) is 30.3 Å². The molecule has 1 atom stereocenters. The monoisotopic (exact) mass is 270 g/mol. The van der Waals surface area contributed by atoms with E-state index in [1.165, 1.54) is 0 Å². The number of hydrogen-bond donors (Lipinski definition) is 0. The van der Waals surface area contributed by atoms with Gasteiger partial charge in [0.25, 0.3) is 5.91 Å². The Bertz CT molecular complexity index is 621. The van der Waals surface area contributed by atoms with Gasteiger partial charge in [0.2, 0.25) is 0 Å². The number of hydrogen-bond acceptors (Lipinski definition) is 3. The molecule has 0 saturated carbocycles. The van der Waals surface area contributed by atoms with E-state index in [2.05, 4.69) is 4.98 Å². The van der Waals surface area contributed by atoms with Crippen molar-refractivity contribution in [2.24, 2.45) is 0 Å². The molecule has 1 unspecified atom stereocenters. The van der Waals surface area contributed by atoms with Crippen LogP contribution in [0.4, 0.5) is 0 Å². The molecule has 1 aliphatic rings. The van der Waals surface area contributed by atoms with Crippen molar-refractivity contribution in [1.29, 1.82) is 0 Å². The summed E-state index contributed by atoms with van der Waals surface area (Å²) >= 11 is 0. The Hall–Kier alpha value is -1.94. The summed E-state index contributed by atoms with van der Waals surface area (Å²) in [4.78, 5) is 18.9. The number of nitrogens with zero attached hydrogens (tertiary/aromatic N) is 2. The van der Waals surface area contributed by atoms with Gasteiger partial charge < -0.3 is 9.64 Å². The van der Waals surface area contributed by atoms with Gasteiger partial charge in [-0.1, -0.05) is 12.1 Å². The van der Waals surface area contributed by atoms with Gasteiger partial charge in [0.05, 0.1) is 18.2 Å². The van der Waals surface area contributed by atoms with Crippen molar-refractivity contribution < 1.29 is 9.53 Å². The Balaban J connectivity index is 1.90. The maximum absolute atomic E-state index is 12.6. The quantitative estimate of drug-likeness (QED) is 0.860. The normalized spacial score (nSPS) is 18.4. The Morgan fingerprint density at radius 3 is 3.10 bits per heavy atom.